The summed E-state index contributed by atoms with van der Waals surface area (Å²) in [6.07, 6.45) is 3.17. The van der Waals surface area contributed by atoms with Gasteiger partial charge in [-0.3, -0.25) is 9.59 Å². The molecule has 0 spiro atoms. The summed E-state index contributed by atoms with van der Waals surface area (Å²) in [5.74, 6) is -1.31. The van der Waals surface area contributed by atoms with Crippen LogP contribution in [0.5, 0.6) is 0 Å². The highest BCUT2D eigenvalue weighted by Gasteiger charge is 2.27. The average molecular weight is 619 g/mol. The lowest BCUT2D eigenvalue weighted by molar-refractivity contribution is 0.0691. The van der Waals surface area contributed by atoms with Gasteiger partial charge >= 0.3 is 5.97 Å². The van der Waals surface area contributed by atoms with E-state index in [1.165, 1.54) is 0 Å². The molecule has 6 rings (SSSR count). The predicted octanol–water partition coefficient (Wildman–Crippen LogP) is 7.22. The second-order valence-corrected chi connectivity index (χ2v) is 11.5. The number of aromatic carboxylic acids is 1. The molecule has 1 aliphatic rings. The monoisotopic (exact) mass is 618 g/mol. The van der Waals surface area contributed by atoms with Crippen molar-refractivity contribution in [3.63, 3.8) is 0 Å². The minimum Gasteiger partial charge on any atom is -0.478 e. The lowest BCUT2D eigenvalue weighted by Gasteiger charge is -2.32. The van der Waals surface area contributed by atoms with Gasteiger partial charge < -0.3 is 19.9 Å². The van der Waals surface area contributed by atoms with E-state index in [4.69, 9.17) is 16.7 Å². The number of benzene rings is 4. The first-order chi connectivity index (χ1) is 21.9. The van der Waals surface area contributed by atoms with Gasteiger partial charge in [-0.25, -0.2) is 9.78 Å². The number of imidazole rings is 1. The largest absolute Gasteiger partial charge is 0.478 e. The number of carboxylic acid groups (broad SMARTS) is 1. The predicted molar refractivity (Wildman–Crippen MR) is 174 cm³/mol. The zero-order chi connectivity index (χ0) is 31.3. The first-order valence-electron chi connectivity index (χ1n) is 14.8. The van der Waals surface area contributed by atoms with Gasteiger partial charge in [0.2, 0.25) is 0 Å². The van der Waals surface area contributed by atoms with Crippen LogP contribution in [-0.2, 0) is 6.54 Å². The third-order valence-corrected chi connectivity index (χ3v) is 8.49. The summed E-state index contributed by atoms with van der Waals surface area (Å²) in [6.45, 7) is 1.63. The van der Waals surface area contributed by atoms with Gasteiger partial charge in [0, 0.05) is 30.9 Å². The van der Waals surface area contributed by atoms with Gasteiger partial charge in [-0.15, -0.1) is 0 Å². The van der Waals surface area contributed by atoms with E-state index in [9.17, 15) is 14.4 Å². The molecule has 2 amide bonds. The van der Waals surface area contributed by atoms with Gasteiger partial charge in [-0.05, 0) is 60.2 Å². The van der Waals surface area contributed by atoms with Crippen molar-refractivity contribution >= 4 is 35.1 Å². The molecule has 8 nitrogen and oxygen atoms in total. The highest BCUT2D eigenvalue weighted by molar-refractivity contribution is 6.34. The zero-order valence-electron chi connectivity index (χ0n) is 24.4. The van der Waals surface area contributed by atoms with Crippen LogP contribution in [0.25, 0.3) is 11.3 Å². The molecule has 45 heavy (non-hydrogen) atoms. The van der Waals surface area contributed by atoms with Gasteiger partial charge in [0.15, 0.2) is 5.69 Å². The first kappa shape index (κ1) is 29.8. The molecule has 4 aromatic carbocycles. The van der Waals surface area contributed by atoms with Crippen molar-refractivity contribution in [2.45, 2.75) is 25.3 Å². The summed E-state index contributed by atoms with van der Waals surface area (Å²) >= 11 is 6.49. The number of likely N-dealkylation sites (tertiary alicyclic amines) is 1. The SMILES string of the molecule is O=C(O)c1ccc(C2CCN(C(=O)c3cc(NC(=O)c4ncn(Cc5ccccc5)c4-c4ccccc4)ccc3Cl)CC2)cc1. The van der Waals surface area contributed by atoms with Crippen molar-refractivity contribution < 1.29 is 19.5 Å². The summed E-state index contributed by atoms with van der Waals surface area (Å²) in [4.78, 5) is 44.6. The molecule has 0 atom stereocenters. The van der Waals surface area contributed by atoms with Crippen LogP contribution in [0, 0.1) is 0 Å². The average Bonchev–Trinajstić information content (AvgIpc) is 3.50. The maximum atomic E-state index is 13.6. The maximum absolute atomic E-state index is 13.6. The van der Waals surface area contributed by atoms with Crippen LogP contribution >= 0.6 is 11.6 Å². The number of aromatic nitrogens is 2. The summed E-state index contributed by atoms with van der Waals surface area (Å²) in [7, 11) is 0. The van der Waals surface area contributed by atoms with E-state index < -0.39 is 11.9 Å². The van der Waals surface area contributed by atoms with Crippen molar-refractivity contribution in [3.05, 3.63) is 142 Å². The third kappa shape index (κ3) is 6.66. The number of halogens is 1. The Kier molecular flexibility index (Phi) is 8.75. The Morgan fingerprint density at radius 2 is 1.53 bits per heavy atom. The van der Waals surface area contributed by atoms with Gasteiger partial charge in [0.05, 0.1) is 28.2 Å². The van der Waals surface area contributed by atoms with Crippen LogP contribution in [0.2, 0.25) is 5.02 Å². The fourth-order valence-corrected chi connectivity index (χ4v) is 5.99. The normalized spacial score (nSPS) is 13.4. The van der Waals surface area contributed by atoms with Gasteiger partial charge in [-0.1, -0.05) is 84.4 Å². The number of hydrogen-bond acceptors (Lipinski definition) is 4. The summed E-state index contributed by atoms with van der Waals surface area (Å²) in [5.41, 5.74) is 5.00. The van der Waals surface area contributed by atoms with Crippen LogP contribution in [0.15, 0.2) is 109 Å². The number of anilines is 1. The van der Waals surface area contributed by atoms with Crippen LogP contribution in [0.1, 0.15) is 61.1 Å². The number of piperidine rings is 1. The number of carbonyl (C=O) groups is 3. The lowest BCUT2D eigenvalue weighted by atomic mass is 9.89. The van der Waals surface area contributed by atoms with Crippen molar-refractivity contribution in [1.82, 2.24) is 14.5 Å². The topological polar surface area (TPSA) is 105 Å². The first-order valence-corrected chi connectivity index (χ1v) is 15.1. The number of carboxylic acids is 1. The molecule has 0 saturated carbocycles. The molecular weight excluding hydrogens is 588 g/mol. The number of nitrogens with one attached hydrogen (secondary N) is 1. The van der Waals surface area contributed by atoms with Gasteiger partial charge in [0.1, 0.15) is 0 Å². The molecule has 0 aliphatic carbocycles. The summed E-state index contributed by atoms with van der Waals surface area (Å²) < 4.78 is 1.96. The molecule has 2 heterocycles. The standard InChI is InChI=1S/C36H31ClN4O4/c37-31-16-15-29(21-30(31)35(43)40-19-17-26(18-20-40)25-11-13-28(14-12-25)36(44)45)39-34(42)32-33(27-9-5-2-6-10-27)41(23-38-32)22-24-7-3-1-4-8-24/h1-16,21,23,26H,17-20,22H2,(H,39,42)(H,44,45). The van der Waals surface area contributed by atoms with Crippen molar-refractivity contribution in [1.29, 1.82) is 0 Å². The molecule has 1 aromatic heterocycles. The van der Waals surface area contributed by atoms with Gasteiger partial charge in [-0.2, -0.15) is 0 Å². The fourth-order valence-electron chi connectivity index (χ4n) is 5.79. The van der Waals surface area contributed by atoms with E-state index in [-0.39, 0.29) is 23.1 Å². The Balaban J connectivity index is 1.17. The molecule has 0 bridgehead atoms. The number of rotatable bonds is 8. The molecule has 2 N–H and O–H groups in total. The highest BCUT2D eigenvalue weighted by atomic mass is 35.5. The van der Waals surface area contributed by atoms with E-state index in [0.717, 1.165) is 29.5 Å². The molecule has 0 radical (unpaired) electrons. The number of amides is 2. The van der Waals surface area contributed by atoms with E-state index in [0.29, 0.717) is 41.6 Å². The minimum atomic E-state index is -0.952. The number of nitrogens with zero attached hydrogens (tertiary/aromatic N) is 3. The highest BCUT2D eigenvalue weighted by Crippen LogP contribution is 2.31. The smallest absolute Gasteiger partial charge is 0.335 e. The molecular formula is C36H31ClN4O4. The number of carbonyl (C=O) groups excluding carboxylic acids is 2. The second-order valence-electron chi connectivity index (χ2n) is 11.1. The molecule has 9 heteroatoms. The van der Waals surface area contributed by atoms with E-state index in [1.54, 1.807) is 41.6 Å². The fraction of sp³-hybridized carbons (Fsp3) is 0.167. The van der Waals surface area contributed by atoms with E-state index in [2.05, 4.69) is 10.3 Å². The minimum absolute atomic E-state index is 0.201. The second kappa shape index (κ2) is 13.2. The zero-order valence-corrected chi connectivity index (χ0v) is 25.2. The van der Waals surface area contributed by atoms with E-state index >= 15 is 0 Å². The van der Waals surface area contributed by atoms with Gasteiger partial charge in [0.25, 0.3) is 11.8 Å². The van der Waals surface area contributed by atoms with Crippen LogP contribution in [0.3, 0.4) is 0 Å². The van der Waals surface area contributed by atoms with Crippen molar-refractivity contribution in [2.75, 3.05) is 18.4 Å². The summed E-state index contributed by atoms with van der Waals surface area (Å²) in [6, 6.07) is 31.5. The molecule has 5 aromatic rings. The molecule has 0 unspecified atom stereocenters. The van der Waals surface area contributed by atoms with Crippen molar-refractivity contribution in [3.8, 4) is 11.3 Å². The quantitative estimate of drug-likeness (QED) is 0.191. The molecule has 1 aliphatic heterocycles. The number of hydrogen-bond donors (Lipinski definition) is 2. The Labute approximate surface area is 265 Å². The summed E-state index contributed by atoms with van der Waals surface area (Å²) in [5, 5.41) is 12.4. The molecule has 1 fully saturated rings. The van der Waals surface area contributed by atoms with E-state index in [1.807, 2.05) is 77.4 Å². The van der Waals surface area contributed by atoms with Crippen LogP contribution in [-0.4, -0.2) is 50.4 Å². The maximum Gasteiger partial charge on any atom is 0.335 e. The molecule has 1 saturated heterocycles. The lowest BCUT2D eigenvalue weighted by Crippen LogP contribution is -2.38. The van der Waals surface area contributed by atoms with Crippen molar-refractivity contribution in [2.24, 2.45) is 0 Å². The Hall–Kier alpha value is -5.21. The van der Waals surface area contributed by atoms with Crippen LogP contribution < -0.4 is 5.32 Å². The molecule has 226 valence electrons. The Bertz CT molecular complexity index is 1830. The van der Waals surface area contributed by atoms with Crippen LogP contribution in [0.4, 0.5) is 5.69 Å². The third-order valence-electron chi connectivity index (χ3n) is 8.16. The Morgan fingerprint density at radius 1 is 0.867 bits per heavy atom. The Morgan fingerprint density at radius 3 is 2.20 bits per heavy atom.